The van der Waals surface area contributed by atoms with Crippen LogP contribution in [0.2, 0.25) is 0 Å². The van der Waals surface area contributed by atoms with Crippen molar-refractivity contribution in [3.05, 3.63) is 17.8 Å². The SMILES string of the molecule is CSc1cnc(N)c(C)c1. The number of anilines is 1. The van der Waals surface area contributed by atoms with Crippen LogP contribution < -0.4 is 5.73 Å². The first kappa shape index (κ1) is 7.41. The van der Waals surface area contributed by atoms with Gasteiger partial charge in [-0.05, 0) is 24.8 Å². The van der Waals surface area contributed by atoms with Gasteiger partial charge in [0.05, 0.1) is 0 Å². The lowest BCUT2D eigenvalue weighted by atomic mass is 10.3. The average molecular weight is 154 g/mol. The van der Waals surface area contributed by atoms with E-state index in [1.165, 1.54) is 0 Å². The molecule has 1 rings (SSSR count). The minimum Gasteiger partial charge on any atom is -0.383 e. The molecule has 0 unspecified atom stereocenters. The molecule has 0 aliphatic rings. The van der Waals surface area contributed by atoms with E-state index >= 15 is 0 Å². The molecule has 1 aromatic rings. The van der Waals surface area contributed by atoms with Crippen LogP contribution >= 0.6 is 11.8 Å². The standard InChI is InChI=1S/C7H10N2S/c1-5-3-6(10-2)4-9-7(5)8/h3-4H,1-2H3,(H2,8,9). The summed E-state index contributed by atoms with van der Waals surface area (Å²) in [4.78, 5) is 5.17. The van der Waals surface area contributed by atoms with Crippen molar-refractivity contribution >= 4 is 17.6 Å². The van der Waals surface area contributed by atoms with Crippen molar-refractivity contribution in [2.75, 3.05) is 12.0 Å². The van der Waals surface area contributed by atoms with E-state index in [2.05, 4.69) is 4.98 Å². The second-order valence-electron chi connectivity index (χ2n) is 2.08. The molecule has 1 aromatic heterocycles. The molecule has 0 fully saturated rings. The minimum atomic E-state index is 0.623. The Morgan fingerprint density at radius 1 is 1.60 bits per heavy atom. The summed E-state index contributed by atoms with van der Waals surface area (Å²) in [5, 5.41) is 0. The largest absolute Gasteiger partial charge is 0.383 e. The number of nitrogens with two attached hydrogens (primary N) is 1. The summed E-state index contributed by atoms with van der Waals surface area (Å²) < 4.78 is 0. The lowest BCUT2D eigenvalue weighted by Gasteiger charge is -1.99. The number of pyridine rings is 1. The maximum absolute atomic E-state index is 5.52. The van der Waals surface area contributed by atoms with Gasteiger partial charge in [0.1, 0.15) is 5.82 Å². The van der Waals surface area contributed by atoms with E-state index in [1.54, 1.807) is 18.0 Å². The Labute approximate surface area is 64.8 Å². The zero-order valence-electron chi connectivity index (χ0n) is 6.09. The smallest absolute Gasteiger partial charge is 0.126 e. The van der Waals surface area contributed by atoms with Crippen LogP contribution in [-0.2, 0) is 0 Å². The second kappa shape index (κ2) is 2.92. The Kier molecular flexibility index (Phi) is 2.17. The Morgan fingerprint density at radius 3 is 2.80 bits per heavy atom. The Morgan fingerprint density at radius 2 is 2.30 bits per heavy atom. The van der Waals surface area contributed by atoms with Gasteiger partial charge in [-0.2, -0.15) is 0 Å². The summed E-state index contributed by atoms with van der Waals surface area (Å²) in [5.74, 6) is 0.623. The van der Waals surface area contributed by atoms with E-state index in [0.29, 0.717) is 5.82 Å². The van der Waals surface area contributed by atoms with E-state index < -0.39 is 0 Å². The molecule has 0 aliphatic heterocycles. The van der Waals surface area contributed by atoms with Crippen LogP contribution in [0.15, 0.2) is 17.2 Å². The average Bonchev–Trinajstić information content (AvgIpc) is 1.95. The number of nitrogens with zero attached hydrogens (tertiary/aromatic N) is 1. The van der Waals surface area contributed by atoms with E-state index in [9.17, 15) is 0 Å². The predicted molar refractivity (Wildman–Crippen MR) is 45.2 cm³/mol. The molecule has 1 heterocycles. The molecule has 54 valence electrons. The third-order valence-electron chi connectivity index (χ3n) is 1.33. The van der Waals surface area contributed by atoms with Gasteiger partial charge < -0.3 is 5.73 Å². The van der Waals surface area contributed by atoms with Crippen LogP contribution in [0.4, 0.5) is 5.82 Å². The van der Waals surface area contributed by atoms with E-state index in [4.69, 9.17) is 5.73 Å². The van der Waals surface area contributed by atoms with Crippen molar-refractivity contribution < 1.29 is 0 Å². The Balaban J connectivity index is 3.04. The molecule has 0 spiro atoms. The van der Waals surface area contributed by atoms with Gasteiger partial charge in [0, 0.05) is 11.1 Å². The van der Waals surface area contributed by atoms with Crippen molar-refractivity contribution in [1.29, 1.82) is 0 Å². The number of aromatic nitrogens is 1. The summed E-state index contributed by atoms with van der Waals surface area (Å²) in [6.45, 7) is 1.96. The number of hydrogen-bond donors (Lipinski definition) is 1. The van der Waals surface area contributed by atoms with Crippen molar-refractivity contribution in [3.63, 3.8) is 0 Å². The number of thioether (sulfide) groups is 1. The fourth-order valence-corrected chi connectivity index (χ4v) is 1.12. The highest BCUT2D eigenvalue weighted by molar-refractivity contribution is 7.98. The predicted octanol–water partition coefficient (Wildman–Crippen LogP) is 1.69. The summed E-state index contributed by atoms with van der Waals surface area (Å²) in [7, 11) is 0. The van der Waals surface area contributed by atoms with Gasteiger partial charge in [0.15, 0.2) is 0 Å². The summed E-state index contributed by atoms with van der Waals surface area (Å²) in [5.41, 5.74) is 6.57. The first-order valence-corrected chi connectivity index (χ1v) is 4.22. The van der Waals surface area contributed by atoms with Gasteiger partial charge in [0.25, 0.3) is 0 Å². The topological polar surface area (TPSA) is 38.9 Å². The molecular formula is C7H10N2S. The molecule has 3 heteroatoms. The molecule has 2 nitrogen and oxygen atoms in total. The lowest BCUT2D eigenvalue weighted by molar-refractivity contribution is 1.20. The molecule has 0 bridgehead atoms. The third-order valence-corrected chi connectivity index (χ3v) is 2.02. The van der Waals surface area contributed by atoms with Crippen LogP contribution in [0.3, 0.4) is 0 Å². The van der Waals surface area contributed by atoms with E-state index in [0.717, 1.165) is 10.5 Å². The summed E-state index contributed by atoms with van der Waals surface area (Å²) >= 11 is 1.67. The minimum absolute atomic E-state index is 0.623. The van der Waals surface area contributed by atoms with Crippen LogP contribution in [0, 0.1) is 6.92 Å². The molecule has 0 aromatic carbocycles. The first-order valence-electron chi connectivity index (χ1n) is 3.00. The Bertz CT molecular complexity index is 235. The van der Waals surface area contributed by atoms with Crippen molar-refractivity contribution in [1.82, 2.24) is 4.98 Å². The molecule has 2 N–H and O–H groups in total. The Hall–Kier alpha value is -0.700. The molecule has 10 heavy (non-hydrogen) atoms. The lowest BCUT2D eigenvalue weighted by Crippen LogP contribution is -1.92. The number of aryl methyl sites for hydroxylation is 1. The van der Waals surface area contributed by atoms with Crippen molar-refractivity contribution in [3.8, 4) is 0 Å². The highest BCUT2D eigenvalue weighted by Crippen LogP contribution is 2.16. The van der Waals surface area contributed by atoms with Crippen LogP contribution in [-0.4, -0.2) is 11.2 Å². The van der Waals surface area contributed by atoms with Gasteiger partial charge in [-0.3, -0.25) is 0 Å². The van der Waals surface area contributed by atoms with Crippen LogP contribution in [0.25, 0.3) is 0 Å². The molecule has 0 aliphatic carbocycles. The van der Waals surface area contributed by atoms with E-state index in [-0.39, 0.29) is 0 Å². The van der Waals surface area contributed by atoms with Gasteiger partial charge >= 0.3 is 0 Å². The maximum Gasteiger partial charge on any atom is 0.126 e. The van der Waals surface area contributed by atoms with Crippen LogP contribution in [0.1, 0.15) is 5.56 Å². The maximum atomic E-state index is 5.52. The zero-order valence-corrected chi connectivity index (χ0v) is 6.90. The highest BCUT2D eigenvalue weighted by Gasteiger charge is 1.94. The van der Waals surface area contributed by atoms with Crippen LogP contribution in [0.5, 0.6) is 0 Å². The van der Waals surface area contributed by atoms with E-state index in [1.807, 2.05) is 19.2 Å². The first-order chi connectivity index (χ1) is 4.74. The number of rotatable bonds is 1. The molecule has 0 atom stereocenters. The molecule has 0 saturated heterocycles. The number of hydrogen-bond acceptors (Lipinski definition) is 3. The van der Waals surface area contributed by atoms with Gasteiger partial charge in [-0.25, -0.2) is 4.98 Å². The van der Waals surface area contributed by atoms with Crippen molar-refractivity contribution in [2.24, 2.45) is 0 Å². The van der Waals surface area contributed by atoms with Gasteiger partial charge in [0.2, 0.25) is 0 Å². The monoisotopic (exact) mass is 154 g/mol. The fraction of sp³-hybridized carbons (Fsp3) is 0.286. The fourth-order valence-electron chi connectivity index (χ4n) is 0.671. The highest BCUT2D eigenvalue weighted by atomic mass is 32.2. The quantitative estimate of drug-likeness (QED) is 0.626. The molecular weight excluding hydrogens is 144 g/mol. The molecule has 0 amide bonds. The van der Waals surface area contributed by atoms with Crippen molar-refractivity contribution in [2.45, 2.75) is 11.8 Å². The second-order valence-corrected chi connectivity index (χ2v) is 2.96. The third kappa shape index (κ3) is 1.42. The number of nitrogen functional groups attached to an aromatic ring is 1. The normalized spacial score (nSPS) is 9.80. The van der Waals surface area contributed by atoms with Gasteiger partial charge in [-0.15, -0.1) is 11.8 Å². The van der Waals surface area contributed by atoms with Gasteiger partial charge in [-0.1, -0.05) is 0 Å². The summed E-state index contributed by atoms with van der Waals surface area (Å²) in [6, 6.07) is 2.03. The molecule has 0 saturated carbocycles. The zero-order chi connectivity index (χ0) is 7.56. The molecule has 0 radical (unpaired) electrons. The summed E-state index contributed by atoms with van der Waals surface area (Å²) in [6.07, 6.45) is 3.81.